The molecule has 0 aliphatic heterocycles. The molecule has 0 fully saturated rings. The van der Waals surface area contributed by atoms with E-state index in [0.717, 1.165) is 5.69 Å². The van der Waals surface area contributed by atoms with Crippen LogP contribution in [0, 0.1) is 0 Å². The molecule has 0 amide bonds. The molecule has 0 atom stereocenters. The van der Waals surface area contributed by atoms with Gasteiger partial charge in [0.25, 0.3) is 0 Å². The lowest BCUT2D eigenvalue weighted by molar-refractivity contribution is 0.0696. The molecule has 0 saturated carbocycles. The Hall–Kier alpha value is -2.01. The molecule has 0 aliphatic carbocycles. The molecule has 0 unspecified atom stereocenters. The Bertz CT molecular complexity index is 522. The van der Waals surface area contributed by atoms with Crippen LogP contribution in [-0.4, -0.2) is 16.1 Å². The van der Waals surface area contributed by atoms with Crippen LogP contribution in [0.3, 0.4) is 0 Å². The quantitative estimate of drug-likeness (QED) is 0.818. The highest BCUT2D eigenvalue weighted by molar-refractivity contribution is 6.29. The van der Waals surface area contributed by atoms with Crippen LogP contribution >= 0.6 is 11.6 Å². The predicted octanol–water partition coefficient (Wildman–Crippen LogP) is 2.64. The normalized spacial score (nSPS) is 10.2. The molecule has 0 saturated heterocycles. The summed E-state index contributed by atoms with van der Waals surface area (Å²) in [6.45, 7) is 0.386. The molecular formula is C11H9ClN2O3. The number of nitrogens with one attached hydrogen (secondary N) is 1. The number of nitrogens with zero attached hydrogens (tertiary/aromatic N) is 1. The van der Waals surface area contributed by atoms with E-state index in [1.165, 1.54) is 12.3 Å². The molecule has 0 aliphatic rings. The van der Waals surface area contributed by atoms with E-state index in [4.69, 9.17) is 21.1 Å². The van der Waals surface area contributed by atoms with Crippen molar-refractivity contribution in [1.29, 1.82) is 0 Å². The Morgan fingerprint density at radius 2 is 2.35 bits per heavy atom. The predicted molar refractivity (Wildman–Crippen MR) is 62.2 cm³/mol. The highest BCUT2D eigenvalue weighted by Crippen LogP contribution is 2.13. The van der Waals surface area contributed by atoms with Crippen LogP contribution in [0.5, 0.6) is 0 Å². The van der Waals surface area contributed by atoms with E-state index in [2.05, 4.69) is 10.3 Å². The molecule has 0 spiro atoms. The van der Waals surface area contributed by atoms with E-state index >= 15 is 0 Å². The number of carbonyl (C=O) groups is 1. The Labute approximate surface area is 102 Å². The van der Waals surface area contributed by atoms with Crippen molar-refractivity contribution in [3.8, 4) is 0 Å². The van der Waals surface area contributed by atoms with Crippen molar-refractivity contribution in [3.05, 3.63) is 47.1 Å². The average Bonchev–Trinajstić information content (AvgIpc) is 2.77. The summed E-state index contributed by atoms with van der Waals surface area (Å²) in [6.07, 6.45) is 2.79. The molecule has 0 aromatic carbocycles. The molecule has 88 valence electrons. The minimum Gasteiger partial charge on any atom is -0.478 e. The summed E-state index contributed by atoms with van der Waals surface area (Å²) in [5.41, 5.74) is 0.915. The third-order valence-corrected chi connectivity index (χ3v) is 2.32. The molecule has 6 heteroatoms. The topological polar surface area (TPSA) is 75.4 Å². The van der Waals surface area contributed by atoms with Crippen molar-refractivity contribution >= 4 is 23.3 Å². The lowest BCUT2D eigenvalue weighted by Crippen LogP contribution is -1.98. The molecular weight excluding hydrogens is 244 g/mol. The van der Waals surface area contributed by atoms with Crippen LogP contribution in [0.25, 0.3) is 0 Å². The van der Waals surface area contributed by atoms with Crippen molar-refractivity contribution in [2.75, 3.05) is 5.32 Å². The summed E-state index contributed by atoms with van der Waals surface area (Å²) in [5.74, 6) is -0.467. The highest BCUT2D eigenvalue weighted by atomic mass is 35.5. The Balaban J connectivity index is 1.97. The van der Waals surface area contributed by atoms with Crippen molar-refractivity contribution < 1.29 is 14.3 Å². The fourth-order valence-electron chi connectivity index (χ4n) is 1.26. The van der Waals surface area contributed by atoms with Gasteiger partial charge in [-0.1, -0.05) is 11.6 Å². The molecule has 17 heavy (non-hydrogen) atoms. The van der Waals surface area contributed by atoms with Gasteiger partial charge in [0.2, 0.25) is 0 Å². The molecule has 2 aromatic heterocycles. The molecule has 2 N–H and O–H groups in total. The largest absolute Gasteiger partial charge is 0.478 e. The number of aromatic carboxylic acids is 1. The first-order valence-electron chi connectivity index (χ1n) is 4.81. The molecule has 5 nitrogen and oxygen atoms in total. The van der Waals surface area contributed by atoms with Gasteiger partial charge < -0.3 is 14.8 Å². The zero-order chi connectivity index (χ0) is 12.3. The van der Waals surface area contributed by atoms with Crippen LogP contribution in [-0.2, 0) is 6.54 Å². The minimum atomic E-state index is -1.01. The van der Waals surface area contributed by atoms with Gasteiger partial charge in [-0.15, -0.1) is 0 Å². The number of carboxylic acids is 1. The standard InChI is InChI=1S/C11H9ClN2O3/c12-10-2-1-8(4-14-10)13-5-9-3-7(6-17-9)11(15)16/h1-4,6,13H,5H2,(H,15,16). The number of halogens is 1. The van der Waals surface area contributed by atoms with Crippen molar-refractivity contribution in [2.24, 2.45) is 0 Å². The van der Waals surface area contributed by atoms with Gasteiger partial charge >= 0.3 is 5.97 Å². The monoisotopic (exact) mass is 252 g/mol. The summed E-state index contributed by atoms with van der Waals surface area (Å²) in [7, 11) is 0. The molecule has 2 aromatic rings. The van der Waals surface area contributed by atoms with Crippen molar-refractivity contribution in [1.82, 2.24) is 4.98 Å². The van der Waals surface area contributed by atoms with E-state index in [1.807, 2.05) is 0 Å². The second-order valence-electron chi connectivity index (χ2n) is 3.33. The number of carboxylic acid groups (broad SMARTS) is 1. The maximum absolute atomic E-state index is 10.6. The Morgan fingerprint density at radius 1 is 1.53 bits per heavy atom. The van der Waals surface area contributed by atoms with E-state index in [-0.39, 0.29) is 5.56 Å². The first-order valence-corrected chi connectivity index (χ1v) is 5.19. The maximum Gasteiger partial charge on any atom is 0.338 e. The molecule has 2 heterocycles. The highest BCUT2D eigenvalue weighted by Gasteiger charge is 2.07. The summed E-state index contributed by atoms with van der Waals surface area (Å²) < 4.78 is 5.08. The number of aromatic nitrogens is 1. The number of pyridine rings is 1. The minimum absolute atomic E-state index is 0.135. The number of hydrogen-bond acceptors (Lipinski definition) is 4. The van der Waals surface area contributed by atoms with Gasteiger partial charge in [-0.2, -0.15) is 0 Å². The fourth-order valence-corrected chi connectivity index (χ4v) is 1.37. The number of furan rings is 1. The molecule has 2 rings (SSSR count). The first-order chi connectivity index (χ1) is 8.15. The van der Waals surface area contributed by atoms with Gasteiger partial charge in [-0.3, -0.25) is 0 Å². The van der Waals surface area contributed by atoms with Crippen molar-refractivity contribution in [2.45, 2.75) is 6.54 Å². The summed E-state index contributed by atoms with van der Waals surface area (Å²) in [6, 6.07) is 4.91. The smallest absolute Gasteiger partial charge is 0.338 e. The van der Waals surface area contributed by atoms with Crippen LogP contribution < -0.4 is 5.32 Å². The second-order valence-corrected chi connectivity index (χ2v) is 3.72. The van der Waals surface area contributed by atoms with Crippen LogP contribution in [0.1, 0.15) is 16.1 Å². The number of anilines is 1. The van der Waals surface area contributed by atoms with Gasteiger partial charge in [-0.05, 0) is 18.2 Å². The van der Waals surface area contributed by atoms with Gasteiger partial charge in [0.15, 0.2) is 0 Å². The third kappa shape index (κ3) is 2.98. The first kappa shape index (κ1) is 11.5. The second kappa shape index (κ2) is 4.88. The summed E-state index contributed by atoms with van der Waals surface area (Å²) in [4.78, 5) is 14.5. The molecule has 0 radical (unpaired) electrons. The zero-order valence-corrected chi connectivity index (χ0v) is 9.44. The van der Waals surface area contributed by atoms with Crippen LogP contribution in [0.15, 0.2) is 35.1 Å². The summed E-state index contributed by atoms with van der Waals surface area (Å²) >= 11 is 5.64. The van der Waals surface area contributed by atoms with Crippen LogP contribution in [0.2, 0.25) is 5.15 Å². The zero-order valence-electron chi connectivity index (χ0n) is 8.68. The number of rotatable bonds is 4. The maximum atomic E-state index is 10.6. The Kier molecular flexibility index (Phi) is 3.30. The van der Waals surface area contributed by atoms with Crippen LogP contribution in [0.4, 0.5) is 5.69 Å². The molecule has 0 bridgehead atoms. The Morgan fingerprint density at radius 3 is 2.94 bits per heavy atom. The third-order valence-electron chi connectivity index (χ3n) is 2.09. The lowest BCUT2D eigenvalue weighted by Gasteiger charge is -2.02. The number of hydrogen-bond donors (Lipinski definition) is 2. The SMILES string of the molecule is O=C(O)c1coc(CNc2ccc(Cl)nc2)c1. The van der Waals surface area contributed by atoms with E-state index in [1.54, 1.807) is 18.3 Å². The van der Waals surface area contributed by atoms with Gasteiger partial charge in [0, 0.05) is 0 Å². The van der Waals surface area contributed by atoms with E-state index in [9.17, 15) is 4.79 Å². The average molecular weight is 253 g/mol. The van der Waals surface area contributed by atoms with E-state index in [0.29, 0.717) is 17.5 Å². The van der Waals surface area contributed by atoms with Gasteiger partial charge in [0.05, 0.1) is 24.0 Å². The summed E-state index contributed by atoms with van der Waals surface area (Å²) in [5, 5.41) is 12.2. The van der Waals surface area contributed by atoms with Gasteiger partial charge in [-0.25, -0.2) is 9.78 Å². The van der Waals surface area contributed by atoms with Crippen molar-refractivity contribution in [3.63, 3.8) is 0 Å². The fraction of sp³-hybridized carbons (Fsp3) is 0.0909. The van der Waals surface area contributed by atoms with E-state index < -0.39 is 5.97 Å². The lowest BCUT2D eigenvalue weighted by atomic mass is 10.3. The van der Waals surface area contributed by atoms with Gasteiger partial charge in [0.1, 0.15) is 17.2 Å².